The molecule has 0 aliphatic carbocycles. The Morgan fingerprint density at radius 1 is 1.21 bits per heavy atom. The highest BCUT2D eigenvalue weighted by atomic mass is 32.2. The Kier molecular flexibility index (Phi) is 5.87. The number of halogens is 3. The summed E-state index contributed by atoms with van der Waals surface area (Å²) in [5.74, 6) is -5.36. The second-order valence-electron chi connectivity index (χ2n) is 5.89. The van der Waals surface area contributed by atoms with Crippen molar-refractivity contribution in [2.24, 2.45) is 5.14 Å². The minimum Gasteiger partial charge on any atom is -0.323 e. The molecule has 1 amide bonds. The lowest BCUT2D eigenvalue weighted by molar-refractivity contribution is -0.113. The summed E-state index contributed by atoms with van der Waals surface area (Å²) in [6.07, 6.45) is 0. The van der Waals surface area contributed by atoms with E-state index in [1.165, 1.54) is 12.1 Å². The van der Waals surface area contributed by atoms with Gasteiger partial charge in [-0.3, -0.25) is 4.79 Å². The quantitative estimate of drug-likeness (QED) is 0.449. The van der Waals surface area contributed by atoms with Crippen LogP contribution in [0.15, 0.2) is 40.4 Å². The summed E-state index contributed by atoms with van der Waals surface area (Å²) in [5, 5.41) is 7.73. The van der Waals surface area contributed by atoms with Crippen LogP contribution >= 0.6 is 11.8 Å². The summed E-state index contributed by atoms with van der Waals surface area (Å²) in [7, 11) is -3.89. The van der Waals surface area contributed by atoms with E-state index in [0.29, 0.717) is 28.8 Å². The van der Waals surface area contributed by atoms with Crippen molar-refractivity contribution >= 4 is 44.4 Å². The van der Waals surface area contributed by atoms with Gasteiger partial charge in [0.25, 0.3) is 0 Å². The van der Waals surface area contributed by atoms with Crippen LogP contribution in [0, 0.1) is 17.5 Å². The molecule has 0 atom stereocenters. The molecule has 1 heterocycles. The molecule has 0 saturated carbocycles. The number of aryl methyl sites for hydroxylation is 1. The molecule has 0 spiro atoms. The third kappa shape index (κ3) is 4.38. The first kappa shape index (κ1) is 21.1. The van der Waals surface area contributed by atoms with Crippen molar-refractivity contribution in [2.45, 2.75) is 23.5 Å². The zero-order chi connectivity index (χ0) is 21.3. The third-order valence-corrected chi connectivity index (χ3v) is 5.86. The summed E-state index contributed by atoms with van der Waals surface area (Å²) < 4.78 is 64.7. The summed E-state index contributed by atoms with van der Waals surface area (Å²) in [6, 6.07) is 5.88. The number of fused-ring (bicyclic) bond motifs is 1. The number of anilines is 1. The van der Waals surface area contributed by atoms with E-state index < -0.39 is 39.1 Å². The number of primary sulfonamides is 1. The molecule has 1 aromatic heterocycles. The predicted octanol–water partition coefficient (Wildman–Crippen LogP) is 2.85. The van der Waals surface area contributed by atoms with Crippen molar-refractivity contribution < 1.29 is 26.4 Å². The van der Waals surface area contributed by atoms with Crippen LogP contribution in [0.25, 0.3) is 11.0 Å². The highest BCUT2D eigenvalue weighted by Gasteiger charge is 2.18. The average Bonchev–Trinajstić information content (AvgIpc) is 3.03. The van der Waals surface area contributed by atoms with Gasteiger partial charge in [-0.15, -0.1) is 0 Å². The number of imidazole rings is 1. The van der Waals surface area contributed by atoms with Gasteiger partial charge in [0, 0.05) is 6.54 Å². The van der Waals surface area contributed by atoms with E-state index in [0.717, 1.165) is 17.8 Å². The number of aromatic nitrogens is 2. The van der Waals surface area contributed by atoms with Crippen LogP contribution in [0.5, 0.6) is 0 Å². The van der Waals surface area contributed by atoms with Gasteiger partial charge < -0.3 is 9.88 Å². The Balaban J connectivity index is 1.79. The minimum absolute atomic E-state index is 0.0890. The van der Waals surface area contributed by atoms with Crippen molar-refractivity contribution in [3.8, 4) is 0 Å². The standard InChI is InChI=1S/C17H15F3N4O3S2/c1-2-24-13-6-3-9(29(21,26)27)7-12(13)23-17(24)28-8-14(25)22-11-5-4-10(18)15(19)16(11)20/h3-7H,2,8H2,1H3,(H,22,25)(H2,21,26,27). The Morgan fingerprint density at radius 2 is 1.93 bits per heavy atom. The molecule has 0 fully saturated rings. The average molecular weight is 444 g/mol. The van der Waals surface area contributed by atoms with Crippen molar-refractivity contribution in [3.63, 3.8) is 0 Å². The number of nitrogens with two attached hydrogens (primary N) is 1. The molecule has 0 saturated heterocycles. The summed E-state index contributed by atoms with van der Waals surface area (Å²) in [4.78, 5) is 16.3. The second kappa shape index (κ2) is 8.05. The molecule has 0 radical (unpaired) electrons. The van der Waals surface area contributed by atoms with Gasteiger partial charge >= 0.3 is 0 Å². The SMILES string of the molecule is CCn1c(SCC(=O)Nc2ccc(F)c(F)c2F)nc2cc(S(N)(=O)=O)ccc21. The van der Waals surface area contributed by atoms with Crippen LogP contribution in [0.4, 0.5) is 18.9 Å². The largest absolute Gasteiger partial charge is 0.323 e. The van der Waals surface area contributed by atoms with Gasteiger partial charge in [-0.05, 0) is 37.3 Å². The van der Waals surface area contributed by atoms with Crippen molar-refractivity contribution in [1.29, 1.82) is 0 Å². The van der Waals surface area contributed by atoms with E-state index in [4.69, 9.17) is 5.14 Å². The van der Waals surface area contributed by atoms with Gasteiger partial charge in [0.05, 0.1) is 27.4 Å². The number of carbonyl (C=O) groups excluding carboxylic acids is 1. The van der Waals surface area contributed by atoms with Crippen LogP contribution in [-0.2, 0) is 21.4 Å². The Hall–Kier alpha value is -2.57. The minimum atomic E-state index is -3.89. The van der Waals surface area contributed by atoms with Gasteiger partial charge in [0.2, 0.25) is 15.9 Å². The molecule has 0 bridgehead atoms. The maximum atomic E-state index is 13.7. The molecule has 0 aliphatic rings. The van der Waals surface area contributed by atoms with Gasteiger partial charge in [0.15, 0.2) is 22.6 Å². The van der Waals surface area contributed by atoms with Crippen LogP contribution in [0.3, 0.4) is 0 Å². The predicted molar refractivity (Wildman–Crippen MR) is 102 cm³/mol. The first-order valence-corrected chi connectivity index (χ1v) is 10.7. The summed E-state index contributed by atoms with van der Waals surface area (Å²) >= 11 is 1.02. The number of amides is 1. The van der Waals surface area contributed by atoms with Crippen molar-refractivity contribution in [2.75, 3.05) is 11.1 Å². The van der Waals surface area contributed by atoms with Gasteiger partial charge in [0.1, 0.15) is 0 Å². The third-order valence-electron chi connectivity index (χ3n) is 3.97. The lowest BCUT2D eigenvalue weighted by atomic mass is 10.3. The Bertz CT molecular complexity index is 1210. The zero-order valence-corrected chi connectivity index (χ0v) is 16.6. The Labute approximate surface area is 168 Å². The second-order valence-corrected chi connectivity index (χ2v) is 8.40. The highest BCUT2D eigenvalue weighted by molar-refractivity contribution is 7.99. The number of sulfonamides is 1. The van der Waals surface area contributed by atoms with E-state index in [9.17, 15) is 26.4 Å². The monoisotopic (exact) mass is 444 g/mol. The molecule has 3 rings (SSSR count). The molecule has 2 aromatic carbocycles. The van der Waals surface area contributed by atoms with Crippen LogP contribution in [0.2, 0.25) is 0 Å². The molecule has 12 heteroatoms. The van der Waals surface area contributed by atoms with Crippen molar-refractivity contribution in [3.05, 3.63) is 47.8 Å². The maximum absolute atomic E-state index is 13.7. The van der Waals surface area contributed by atoms with E-state index in [-0.39, 0.29) is 10.6 Å². The zero-order valence-electron chi connectivity index (χ0n) is 14.9. The van der Waals surface area contributed by atoms with Crippen molar-refractivity contribution in [1.82, 2.24) is 9.55 Å². The lowest BCUT2D eigenvalue weighted by Gasteiger charge is -2.08. The lowest BCUT2D eigenvalue weighted by Crippen LogP contribution is -2.16. The smallest absolute Gasteiger partial charge is 0.238 e. The number of nitrogens with one attached hydrogen (secondary N) is 1. The topological polar surface area (TPSA) is 107 Å². The van der Waals surface area contributed by atoms with Crippen LogP contribution in [0.1, 0.15) is 6.92 Å². The Morgan fingerprint density at radius 3 is 2.59 bits per heavy atom. The fourth-order valence-corrected chi connectivity index (χ4v) is 4.03. The van der Waals surface area contributed by atoms with E-state index in [1.807, 2.05) is 6.92 Å². The van der Waals surface area contributed by atoms with Gasteiger partial charge in [-0.25, -0.2) is 31.7 Å². The highest BCUT2D eigenvalue weighted by Crippen LogP contribution is 2.26. The summed E-state index contributed by atoms with van der Waals surface area (Å²) in [5.41, 5.74) is 0.554. The maximum Gasteiger partial charge on any atom is 0.238 e. The number of benzene rings is 2. The molecule has 3 N–H and O–H groups in total. The summed E-state index contributed by atoms with van der Waals surface area (Å²) in [6.45, 7) is 2.34. The van der Waals surface area contributed by atoms with Gasteiger partial charge in [-0.1, -0.05) is 11.8 Å². The number of nitrogens with zero attached hydrogens (tertiary/aromatic N) is 2. The van der Waals surface area contributed by atoms with Crippen LogP contribution in [-0.4, -0.2) is 29.6 Å². The van der Waals surface area contributed by atoms with E-state index >= 15 is 0 Å². The number of rotatable bonds is 6. The molecule has 0 aliphatic heterocycles. The molecule has 7 nitrogen and oxygen atoms in total. The molecular weight excluding hydrogens is 429 g/mol. The first-order valence-electron chi connectivity index (χ1n) is 8.21. The van der Waals surface area contributed by atoms with E-state index in [2.05, 4.69) is 10.3 Å². The van der Waals surface area contributed by atoms with Crippen LogP contribution < -0.4 is 10.5 Å². The number of hydrogen-bond donors (Lipinski definition) is 2. The molecule has 3 aromatic rings. The first-order chi connectivity index (χ1) is 13.6. The molecule has 29 heavy (non-hydrogen) atoms. The normalized spacial score (nSPS) is 11.8. The fourth-order valence-electron chi connectivity index (χ4n) is 2.62. The number of hydrogen-bond acceptors (Lipinski definition) is 5. The number of carbonyl (C=O) groups is 1. The molecular formula is C17H15F3N4O3S2. The van der Waals surface area contributed by atoms with E-state index in [1.54, 1.807) is 10.6 Å². The van der Waals surface area contributed by atoms with Gasteiger partial charge in [-0.2, -0.15) is 0 Å². The fraction of sp³-hybridized carbons (Fsp3) is 0.176. The molecule has 154 valence electrons. The number of thioether (sulfide) groups is 1. The molecule has 0 unspecified atom stereocenters.